The molecule has 1 heterocycles. The molecule has 0 aromatic heterocycles. The van der Waals surface area contributed by atoms with Gasteiger partial charge in [0.05, 0.1) is 18.8 Å². The highest BCUT2D eigenvalue weighted by Crippen LogP contribution is 2.20. The van der Waals surface area contributed by atoms with Gasteiger partial charge >= 0.3 is 0 Å². The van der Waals surface area contributed by atoms with E-state index in [0.717, 1.165) is 4.31 Å². The Morgan fingerprint density at radius 3 is 2.50 bits per heavy atom. The van der Waals surface area contributed by atoms with E-state index < -0.39 is 29.0 Å². The smallest absolute Gasteiger partial charge is 0.273 e. The zero-order valence-corrected chi connectivity index (χ0v) is 8.56. The van der Waals surface area contributed by atoms with Crippen LogP contribution in [0.5, 0.6) is 0 Å². The van der Waals surface area contributed by atoms with Crippen molar-refractivity contribution < 1.29 is 17.2 Å². The van der Waals surface area contributed by atoms with Gasteiger partial charge < -0.3 is 5.73 Å². The lowest BCUT2D eigenvalue weighted by atomic mass is 10.3. The fraction of sp³-hybridized carbons (Fsp3) is 1.00. The lowest BCUT2D eigenvalue weighted by Gasteiger charge is -2.29. The first kappa shape index (κ1) is 11.8. The van der Waals surface area contributed by atoms with Crippen molar-refractivity contribution in [3.63, 3.8) is 0 Å². The van der Waals surface area contributed by atoms with Crippen LogP contribution in [0.25, 0.3) is 0 Å². The molecule has 1 aliphatic heterocycles. The van der Waals surface area contributed by atoms with E-state index in [-0.39, 0.29) is 12.3 Å². The summed E-state index contributed by atoms with van der Waals surface area (Å²) in [6, 6.07) is 0. The van der Waals surface area contributed by atoms with Gasteiger partial charge in [-0.25, -0.2) is 17.2 Å². The molecule has 0 spiro atoms. The van der Waals surface area contributed by atoms with E-state index in [1.165, 1.54) is 0 Å². The summed E-state index contributed by atoms with van der Waals surface area (Å²) in [5.74, 6) is -3.15. The number of sulfonamides is 1. The van der Waals surface area contributed by atoms with Crippen LogP contribution in [0.3, 0.4) is 0 Å². The zero-order valence-electron chi connectivity index (χ0n) is 7.75. The fourth-order valence-corrected chi connectivity index (χ4v) is 2.96. The second kappa shape index (κ2) is 4.08. The topological polar surface area (TPSA) is 63.4 Å². The summed E-state index contributed by atoms with van der Waals surface area (Å²) in [6.07, 6.45) is 1.19. The lowest BCUT2D eigenvalue weighted by molar-refractivity contribution is -0.00659. The minimum Gasteiger partial charge on any atom is -0.325 e. The average Bonchev–Trinajstić information content (AvgIpc) is 2.09. The molecule has 1 aliphatic rings. The Bertz CT molecular complexity index is 292. The molecule has 7 heteroatoms. The number of halogens is 2. The van der Waals surface area contributed by atoms with Gasteiger partial charge in [-0.05, 0) is 12.8 Å². The Morgan fingerprint density at radius 1 is 1.36 bits per heavy atom. The highest BCUT2D eigenvalue weighted by molar-refractivity contribution is 7.89. The van der Waals surface area contributed by atoms with E-state index >= 15 is 0 Å². The Morgan fingerprint density at radius 2 is 2.00 bits per heavy atom. The van der Waals surface area contributed by atoms with Crippen LogP contribution in [-0.4, -0.2) is 44.0 Å². The van der Waals surface area contributed by atoms with Crippen molar-refractivity contribution in [2.24, 2.45) is 5.73 Å². The molecular formula is C7H14F2N2O2S. The summed E-state index contributed by atoms with van der Waals surface area (Å²) in [4.78, 5) is 0. The largest absolute Gasteiger partial charge is 0.325 e. The van der Waals surface area contributed by atoms with E-state index in [1.54, 1.807) is 0 Å². The Kier molecular flexibility index (Phi) is 3.44. The minimum atomic E-state index is -3.47. The van der Waals surface area contributed by atoms with Gasteiger partial charge in [0.1, 0.15) is 0 Å². The summed E-state index contributed by atoms with van der Waals surface area (Å²) in [5, 5.41) is 0. The van der Waals surface area contributed by atoms with E-state index in [0.29, 0.717) is 12.8 Å². The summed E-state index contributed by atoms with van der Waals surface area (Å²) in [5.41, 5.74) is 4.84. The van der Waals surface area contributed by atoms with Gasteiger partial charge in [-0.15, -0.1) is 0 Å². The number of nitrogens with two attached hydrogens (primary N) is 1. The Hall–Kier alpha value is -0.270. The molecule has 0 radical (unpaired) electrons. The van der Waals surface area contributed by atoms with Crippen LogP contribution in [0.1, 0.15) is 12.8 Å². The molecule has 14 heavy (non-hydrogen) atoms. The summed E-state index contributed by atoms with van der Waals surface area (Å²) in [6.45, 7) is -1.43. The molecule has 4 nitrogen and oxygen atoms in total. The average molecular weight is 228 g/mol. The third kappa shape index (κ3) is 2.86. The van der Waals surface area contributed by atoms with E-state index in [9.17, 15) is 17.2 Å². The van der Waals surface area contributed by atoms with Gasteiger partial charge in [-0.3, -0.25) is 0 Å². The third-order valence-corrected chi connectivity index (χ3v) is 4.06. The van der Waals surface area contributed by atoms with Crippen molar-refractivity contribution in [3.05, 3.63) is 0 Å². The molecule has 0 amide bonds. The second-order valence-electron chi connectivity index (χ2n) is 3.42. The second-order valence-corrected chi connectivity index (χ2v) is 5.51. The molecule has 0 atom stereocenters. The summed E-state index contributed by atoms with van der Waals surface area (Å²) >= 11 is 0. The van der Waals surface area contributed by atoms with E-state index in [2.05, 4.69) is 0 Å². The van der Waals surface area contributed by atoms with Gasteiger partial charge in [-0.2, -0.15) is 4.31 Å². The van der Waals surface area contributed by atoms with E-state index in [1.807, 2.05) is 0 Å². The quantitative estimate of drug-likeness (QED) is 0.740. The first-order valence-electron chi connectivity index (χ1n) is 4.43. The molecule has 1 fully saturated rings. The molecule has 1 rings (SSSR count). The van der Waals surface area contributed by atoms with Crippen molar-refractivity contribution in [3.8, 4) is 0 Å². The lowest BCUT2D eigenvalue weighted by Crippen LogP contribution is -2.47. The third-order valence-electron chi connectivity index (χ3n) is 2.16. The van der Waals surface area contributed by atoms with Crippen LogP contribution in [0.4, 0.5) is 8.78 Å². The van der Waals surface area contributed by atoms with Gasteiger partial charge in [0, 0.05) is 6.54 Å². The van der Waals surface area contributed by atoms with Gasteiger partial charge in [0.15, 0.2) is 0 Å². The van der Waals surface area contributed by atoms with Crippen LogP contribution in [0.2, 0.25) is 0 Å². The Labute approximate surface area is 82.1 Å². The molecule has 1 saturated heterocycles. The van der Waals surface area contributed by atoms with Crippen LogP contribution < -0.4 is 5.73 Å². The van der Waals surface area contributed by atoms with Crippen molar-refractivity contribution >= 4 is 10.0 Å². The first-order chi connectivity index (χ1) is 6.37. The maximum absolute atomic E-state index is 12.8. The minimum absolute atomic E-state index is 0.0341. The molecule has 0 aliphatic carbocycles. The molecule has 0 aromatic carbocycles. The molecule has 0 bridgehead atoms. The van der Waals surface area contributed by atoms with Crippen molar-refractivity contribution in [2.75, 3.05) is 25.4 Å². The van der Waals surface area contributed by atoms with Crippen LogP contribution in [-0.2, 0) is 10.0 Å². The first-order valence-corrected chi connectivity index (χ1v) is 6.04. The standard InChI is InChI=1S/C7H14F2N2O2S/c8-7(9,5-10)6-11-3-1-2-4-14(11,12)13/h1-6,10H2. The number of alkyl halides is 2. The van der Waals surface area contributed by atoms with Crippen molar-refractivity contribution in [2.45, 2.75) is 18.8 Å². The van der Waals surface area contributed by atoms with Gasteiger partial charge in [0.25, 0.3) is 5.92 Å². The predicted molar refractivity (Wildman–Crippen MR) is 48.6 cm³/mol. The molecule has 0 aromatic rings. The highest BCUT2D eigenvalue weighted by atomic mass is 32.2. The van der Waals surface area contributed by atoms with Gasteiger partial charge in [-0.1, -0.05) is 0 Å². The maximum atomic E-state index is 12.8. The fourth-order valence-electron chi connectivity index (χ4n) is 1.34. The SMILES string of the molecule is NCC(F)(F)CN1CCCCS1(=O)=O. The molecular weight excluding hydrogens is 214 g/mol. The van der Waals surface area contributed by atoms with Crippen LogP contribution >= 0.6 is 0 Å². The summed E-state index contributed by atoms with van der Waals surface area (Å²) < 4.78 is 49.2. The molecule has 0 unspecified atom stereocenters. The van der Waals surface area contributed by atoms with Crippen molar-refractivity contribution in [1.82, 2.24) is 4.31 Å². The number of hydrogen-bond acceptors (Lipinski definition) is 3. The normalized spacial score (nSPS) is 23.6. The molecule has 84 valence electrons. The maximum Gasteiger partial charge on any atom is 0.273 e. The highest BCUT2D eigenvalue weighted by Gasteiger charge is 2.36. The summed E-state index contributed by atoms with van der Waals surface area (Å²) in [7, 11) is -3.47. The predicted octanol–water partition coefficient (Wildman–Crippen LogP) is 0.00600. The number of rotatable bonds is 3. The number of nitrogens with zero attached hydrogens (tertiary/aromatic N) is 1. The van der Waals surface area contributed by atoms with Crippen molar-refractivity contribution in [1.29, 1.82) is 0 Å². The monoisotopic (exact) mass is 228 g/mol. The zero-order chi connectivity index (χ0) is 10.8. The molecule has 2 N–H and O–H groups in total. The number of hydrogen-bond donors (Lipinski definition) is 1. The van der Waals surface area contributed by atoms with Crippen LogP contribution in [0.15, 0.2) is 0 Å². The van der Waals surface area contributed by atoms with E-state index in [4.69, 9.17) is 5.73 Å². The molecule has 0 saturated carbocycles. The van der Waals surface area contributed by atoms with Gasteiger partial charge in [0.2, 0.25) is 10.0 Å². The van der Waals surface area contributed by atoms with Crippen LogP contribution in [0, 0.1) is 0 Å². The Balaban J connectivity index is 2.68.